The van der Waals surface area contributed by atoms with Crippen LogP contribution in [-0.2, 0) is 14.8 Å². The number of hydrogen-bond donors (Lipinski definition) is 2. The first-order valence-electron chi connectivity index (χ1n) is 6.42. The number of sulfonamides is 1. The fraction of sp³-hybridized carbons (Fsp3) is 0.909. The van der Waals surface area contributed by atoms with Gasteiger partial charge < -0.3 is 5.32 Å². The quantitative estimate of drug-likeness (QED) is 0.688. The summed E-state index contributed by atoms with van der Waals surface area (Å²) in [6.07, 6.45) is 1.51. The molecule has 0 aromatic rings. The van der Waals surface area contributed by atoms with Gasteiger partial charge in [-0.15, -0.1) is 0 Å². The minimum absolute atomic E-state index is 0.00997. The smallest absolute Gasteiger partial charge is 0.234 e. The van der Waals surface area contributed by atoms with Crippen molar-refractivity contribution < 1.29 is 13.2 Å². The van der Waals surface area contributed by atoms with Crippen LogP contribution in [-0.4, -0.2) is 57.2 Å². The summed E-state index contributed by atoms with van der Waals surface area (Å²) in [5.41, 5.74) is 0. The summed E-state index contributed by atoms with van der Waals surface area (Å²) in [5, 5.41) is 2.80. The molecule has 0 spiro atoms. The summed E-state index contributed by atoms with van der Waals surface area (Å²) in [6, 6.07) is 0.0282. The van der Waals surface area contributed by atoms with Gasteiger partial charge in [-0.25, -0.2) is 13.1 Å². The lowest BCUT2D eigenvalue weighted by Crippen LogP contribution is -2.45. The van der Waals surface area contributed by atoms with Crippen LogP contribution in [0, 0.1) is 0 Å². The first-order valence-corrected chi connectivity index (χ1v) is 8.08. The number of carbonyl (C=O) groups is 1. The van der Waals surface area contributed by atoms with E-state index in [9.17, 15) is 13.2 Å². The Labute approximate surface area is 109 Å². The molecule has 7 heteroatoms. The Kier molecular flexibility index (Phi) is 6.04. The third-order valence-corrected chi connectivity index (χ3v) is 4.54. The van der Waals surface area contributed by atoms with Gasteiger partial charge in [0.05, 0.1) is 12.3 Å². The van der Waals surface area contributed by atoms with E-state index in [1.165, 1.54) is 0 Å². The van der Waals surface area contributed by atoms with E-state index in [0.29, 0.717) is 26.1 Å². The zero-order valence-corrected chi connectivity index (χ0v) is 11.9. The number of carbonyl (C=O) groups excluding carboxylic acids is 1. The summed E-state index contributed by atoms with van der Waals surface area (Å²) in [5.74, 6) is 0.163. The van der Waals surface area contributed by atoms with E-state index >= 15 is 0 Å². The van der Waals surface area contributed by atoms with E-state index < -0.39 is 10.0 Å². The van der Waals surface area contributed by atoms with Gasteiger partial charge >= 0.3 is 0 Å². The van der Waals surface area contributed by atoms with Crippen LogP contribution in [0.3, 0.4) is 0 Å². The Bertz CT molecular complexity index is 370. The normalized spacial score (nSPS) is 20.2. The van der Waals surface area contributed by atoms with Gasteiger partial charge in [0.25, 0.3) is 0 Å². The standard InChI is InChI=1S/C11H23N3O3S/c1-3-7-18(16,17)13-8-10(2)14-6-4-5-12-11(15)9-14/h10,13H,3-9H2,1-2H3,(H,12,15)/t10-/m1/s1. The molecule has 18 heavy (non-hydrogen) atoms. The fourth-order valence-corrected chi connectivity index (χ4v) is 3.10. The first kappa shape index (κ1) is 15.4. The van der Waals surface area contributed by atoms with E-state index in [4.69, 9.17) is 0 Å². The summed E-state index contributed by atoms with van der Waals surface area (Å²) in [4.78, 5) is 13.4. The maximum atomic E-state index is 11.5. The van der Waals surface area contributed by atoms with Crippen molar-refractivity contribution in [1.29, 1.82) is 0 Å². The average molecular weight is 277 g/mol. The van der Waals surface area contributed by atoms with Crippen molar-refractivity contribution in [2.45, 2.75) is 32.7 Å². The maximum Gasteiger partial charge on any atom is 0.234 e. The molecule has 0 aliphatic carbocycles. The zero-order chi connectivity index (χ0) is 13.6. The molecular weight excluding hydrogens is 254 g/mol. The predicted octanol–water partition coefficient (Wildman–Crippen LogP) is -0.474. The molecule has 1 aliphatic heterocycles. The van der Waals surface area contributed by atoms with Crippen molar-refractivity contribution in [2.24, 2.45) is 0 Å². The molecule has 1 fully saturated rings. The van der Waals surface area contributed by atoms with Gasteiger partial charge in [-0.2, -0.15) is 0 Å². The Morgan fingerprint density at radius 2 is 2.22 bits per heavy atom. The predicted molar refractivity (Wildman–Crippen MR) is 70.7 cm³/mol. The van der Waals surface area contributed by atoms with Crippen LogP contribution in [0.2, 0.25) is 0 Å². The minimum Gasteiger partial charge on any atom is -0.355 e. The molecule has 2 N–H and O–H groups in total. The van der Waals surface area contributed by atoms with Crippen LogP contribution < -0.4 is 10.0 Å². The number of amides is 1. The van der Waals surface area contributed by atoms with E-state index in [2.05, 4.69) is 10.0 Å². The van der Waals surface area contributed by atoms with E-state index in [-0.39, 0.29) is 17.7 Å². The Hall–Kier alpha value is -0.660. The lowest BCUT2D eigenvalue weighted by atomic mass is 10.2. The molecule has 106 valence electrons. The molecule has 1 rings (SSSR count). The second-order valence-corrected chi connectivity index (χ2v) is 6.62. The molecule has 1 amide bonds. The molecule has 1 aliphatic rings. The van der Waals surface area contributed by atoms with E-state index in [1.54, 1.807) is 0 Å². The van der Waals surface area contributed by atoms with Gasteiger partial charge in [-0.05, 0) is 19.8 Å². The van der Waals surface area contributed by atoms with E-state index in [1.807, 2.05) is 18.7 Å². The molecule has 0 unspecified atom stereocenters. The molecule has 6 nitrogen and oxygen atoms in total. The average Bonchev–Trinajstić information content (AvgIpc) is 2.51. The van der Waals surface area contributed by atoms with Crippen LogP contribution in [0.1, 0.15) is 26.7 Å². The molecule has 1 heterocycles. The van der Waals surface area contributed by atoms with Crippen molar-refractivity contribution in [3.63, 3.8) is 0 Å². The van der Waals surface area contributed by atoms with Crippen LogP contribution in [0.5, 0.6) is 0 Å². The molecule has 1 atom stereocenters. The highest BCUT2D eigenvalue weighted by molar-refractivity contribution is 7.89. The second kappa shape index (κ2) is 7.06. The minimum atomic E-state index is -3.17. The molecule has 0 saturated carbocycles. The van der Waals surface area contributed by atoms with Crippen molar-refractivity contribution >= 4 is 15.9 Å². The lowest BCUT2D eigenvalue weighted by Gasteiger charge is -2.26. The topological polar surface area (TPSA) is 78.5 Å². The zero-order valence-electron chi connectivity index (χ0n) is 11.1. The Morgan fingerprint density at radius 1 is 1.50 bits per heavy atom. The SMILES string of the molecule is CCCS(=O)(=O)NC[C@@H](C)N1CCCNC(=O)C1. The highest BCUT2D eigenvalue weighted by Crippen LogP contribution is 2.03. The summed E-state index contributed by atoms with van der Waals surface area (Å²) in [6.45, 7) is 5.99. The Balaban J connectivity index is 2.44. The van der Waals surface area contributed by atoms with Gasteiger partial charge in [-0.1, -0.05) is 6.92 Å². The fourth-order valence-electron chi connectivity index (χ4n) is 1.92. The van der Waals surface area contributed by atoms with Crippen LogP contribution in [0.15, 0.2) is 0 Å². The molecule has 0 radical (unpaired) electrons. The highest BCUT2D eigenvalue weighted by Gasteiger charge is 2.20. The summed E-state index contributed by atoms with van der Waals surface area (Å²) >= 11 is 0. The summed E-state index contributed by atoms with van der Waals surface area (Å²) < 4.78 is 25.7. The highest BCUT2D eigenvalue weighted by atomic mass is 32.2. The molecule has 0 aromatic heterocycles. The van der Waals surface area contributed by atoms with Crippen molar-refractivity contribution in [2.75, 3.05) is 31.9 Å². The number of rotatable bonds is 6. The van der Waals surface area contributed by atoms with Gasteiger partial charge in [0.1, 0.15) is 0 Å². The molecule has 1 saturated heterocycles. The van der Waals surface area contributed by atoms with Crippen molar-refractivity contribution in [1.82, 2.24) is 14.9 Å². The third kappa shape index (κ3) is 5.32. The summed E-state index contributed by atoms with van der Waals surface area (Å²) in [7, 11) is -3.17. The van der Waals surface area contributed by atoms with E-state index in [0.717, 1.165) is 13.0 Å². The largest absolute Gasteiger partial charge is 0.355 e. The molecule has 0 bridgehead atoms. The van der Waals surface area contributed by atoms with Crippen LogP contribution in [0.25, 0.3) is 0 Å². The number of nitrogens with one attached hydrogen (secondary N) is 2. The number of hydrogen-bond acceptors (Lipinski definition) is 4. The van der Waals surface area contributed by atoms with Gasteiger partial charge in [0, 0.05) is 25.7 Å². The van der Waals surface area contributed by atoms with Crippen LogP contribution >= 0.6 is 0 Å². The lowest BCUT2D eigenvalue weighted by molar-refractivity contribution is -0.121. The second-order valence-electron chi connectivity index (χ2n) is 4.69. The first-order chi connectivity index (χ1) is 8.44. The van der Waals surface area contributed by atoms with Gasteiger partial charge in [0.2, 0.25) is 15.9 Å². The Morgan fingerprint density at radius 3 is 2.89 bits per heavy atom. The van der Waals surface area contributed by atoms with Crippen molar-refractivity contribution in [3.8, 4) is 0 Å². The van der Waals surface area contributed by atoms with Crippen LogP contribution in [0.4, 0.5) is 0 Å². The molecule has 0 aromatic carbocycles. The molecular formula is C11H23N3O3S. The third-order valence-electron chi connectivity index (χ3n) is 2.99. The number of nitrogens with zero attached hydrogens (tertiary/aromatic N) is 1. The van der Waals surface area contributed by atoms with Crippen molar-refractivity contribution in [3.05, 3.63) is 0 Å². The van der Waals surface area contributed by atoms with Gasteiger partial charge in [0.15, 0.2) is 0 Å². The monoisotopic (exact) mass is 277 g/mol. The maximum absolute atomic E-state index is 11.5. The van der Waals surface area contributed by atoms with Gasteiger partial charge in [-0.3, -0.25) is 9.69 Å².